The van der Waals surface area contributed by atoms with Crippen LogP contribution in [0.15, 0.2) is 0 Å². The molecule has 0 atom stereocenters. The van der Waals surface area contributed by atoms with Crippen LogP contribution in [0.1, 0.15) is 49.6 Å². The molecule has 6 nitrogen and oxygen atoms in total. The number of amides is 3. The predicted molar refractivity (Wildman–Crippen MR) is 85.9 cm³/mol. The van der Waals surface area contributed by atoms with Crippen molar-refractivity contribution in [1.29, 1.82) is 0 Å². The van der Waals surface area contributed by atoms with E-state index in [9.17, 15) is 9.59 Å². The van der Waals surface area contributed by atoms with Gasteiger partial charge in [0.25, 0.3) is 0 Å². The first-order chi connectivity index (χ1) is 10.7. The Morgan fingerprint density at radius 3 is 2.86 bits per heavy atom. The van der Waals surface area contributed by atoms with Gasteiger partial charge < -0.3 is 10.2 Å². The number of nitrogens with one attached hydrogen (secondary N) is 2. The molecule has 0 spiro atoms. The van der Waals surface area contributed by atoms with Crippen molar-refractivity contribution in [2.24, 2.45) is 0 Å². The first kappa shape index (κ1) is 15.3. The highest BCUT2D eigenvalue weighted by atomic mass is 32.1. The molecule has 1 aliphatic heterocycles. The minimum Gasteiger partial charge on any atom is -0.337 e. The maximum Gasteiger partial charge on any atom is 0.321 e. The van der Waals surface area contributed by atoms with Crippen LogP contribution in [0.25, 0.3) is 0 Å². The molecule has 1 aliphatic carbocycles. The average Bonchev–Trinajstić information content (AvgIpc) is 3.14. The number of aromatic nitrogens is 1. The molecular formula is C15H22N4O2S. The Labute approximate surface area is 134 Å². The lowest BCUT2D eigenvalue weighted by molar-refractivity contribution is -0.131. The molecule has 0 bridgehead atoms. The summed E-state index contributed by atoms with van der Waals surface area (Å²) in [6.45, 7) is 3.22. The summed E-state index contributed by atoms with van der Waals surface area (Å²) in [5, 5.41) is 6.46. The van der Waals surface area contributed by atoms with Crippen LogP contribution in [0.2, 0.25) is 0 Å². The number of thiazole rings is 1. The molecule has 2 aliphatic rings. The van der Waals surface area contributed by atoms with Gasteiger partial charge in [0, 0.05) is 30.3 Å². The van der Waals surface area contributed by atoms with Crippen LogP contribution in [0.5, 0.6) is 0 Å². The monoisotopic (exact) mass is 322 g/mol. The summed E-state index contributed by atoms with van der Waals surface area (Å²) in [6.07, 6.45) is 5.81. The molecule has 3 rings (SSSR count). The fourth-order valence-electron chi connectivity index (χ4n) is 3.07. The van der Waals surface area contributed by atoms with Gasteiger partial charge in [0.15, 0.2) is 5.13 Å². The van der Waals surface area contributed by atoms with Crippen molar-refractivity contribution in [3.8, 4) is 0 Å². The molecule has 3 amide bonds. The van der Waals surface area contributed by atoms with Crippen LogP contribution in [-0.2, 0) is 17.8 Å². The second-order valence-electron chi connectivity index (χ2n) is 5.89. The third-order valence-electron chi connectivity index (χ3n) is 4.30. The Hall–Kier alpha value is -1.63. The van der Waals surface area contributed by atoms with Gasteiger partial charge in [-0.25, -0.2) is 9.78 Å². The molecule has 1 fully saturated rings. The van der Waals surface area contributed by atoms with Crippen molar-refractivity contribution >= 4 is 28.4 Å². The molecule has 22 heavy (non-hydrogen) atoms. The van der Waals surface area contributed by atoms with E-state index in [4.69, 9.17) is 0 Å². The van der Waals surface area contributed by atoms with Crippen molar-refractivity contribution in [3.63, 3.8) is 0 Å². The molecule has 0 aromatic carbocycles. The largest absolute Gasteiger partial charge is 0.337 e. The standard InChI is InChI=1S/C15H22N4O2S/c1-2-13(20)19-8-7-11-12(9-19)22-15(17-11)18-14(21)16-10-5-3-4-6-10/h10H,2-9H2,1H3,(H2,16,17,18,21). The summed E-state index contributed by atoms with van der Waals surface area (Å²) >= 11 is 1.48. The molecule has 2 N–H and O–H groups in total. The fraction of sp³-hybridized carbons (Fsp3) is 0.667. The number of hydrogen-bond acceptors (Lipinski definition) is 4. The van der Waals surface area contributed by atoms with E-state index in [1.165, 1.54) is 24.2 Å². The van der Waals surface area contributed by atoms with E-state index >= 15 is 0 Å². The van der Waals surface area contributed by atoms with Crippen LogP contribution in [-0.4, -0.2) is 34.4 Å². The Bertz CT molecular complexity index is 566. The lowest BCUT2D eigenvalue weighted by Crippen LogP contribution is -2.36. The predicted octanol–water partition coefficient (Wildman–Crippen LogP) is 2.50. The van der Waals surface area contributed by atoms with Crippen LogP contribution in [0.4, 0.5) is 9.93 Å². The lowest BCUT2D eigenvalue weighted by atomic mass is 10.1. The van der Waals surface area contributed by atoms with Crippen molar-refractivity contribution in [3.05, 3.63) is 10.6 Å². The highest BCUT2D eigenvalue weighted by Crippen LogP contribution is 2.28. The fourth-order valence-corrected chi connectivity index (χ4v) is 4.09. The number of nitrogens with zero attached hydrogens (tertiary/aromatic N) is 2. The molecule has 0 saturated heterocycles. The first-order valence-electron chi connectivity index (χ1n) is 7.99. The van der Waals surface area contributed by atoms with Gasteiger partial charge in [0.2, 0.25) is 5.91 Å². The van der Waals surface area contributed by atoms with Gasteiger partial charge in [-0.05, 0) is 12.8 Å². The zero-order valence-corrected chi connectivity index (χ0v) is 13.7. The second kappa shape index (κ2) is 6.64. The van der Waals surface area contributed by atoms with E-state index in [1.54, 1.807) is 0 Å². The summed E-state index contributed by atoms with van der Waals surface area (Å²) in [5.74, 6) is 0.174. The number of hydrogen-bond donors (Lipinski definition) is 2. The van der Waals surface area contributed by atoms with E-state index in [1.807, 2.05) is 11.8 Å². The highest BCUT2D eigenvalue weighted by Gasteiger charge is 2.24. The van der Waals surface area contributed by atoms with Gasteiger partial charge in [0.1, 0.15) is 0 Å². The SMILES string of the molecule is CCC(=O)N1CCc2nc(NC(=O)NC3CCCC3)sc2C1. The molecule has 0 radical (unpaired) electrons. The first-order valence-corrected chi connectivity index (χ1v) is 8.81. The van der Waals surface area contributed by atoms with Gasteiger partial charge >= 0.3 is 6.03 Å². The maximum absolute atomic E-state index is 12.0. The number of rotatable bonds is 3. The molecule has 120 valence electrons. The highest BCUT2D eigenvalue weighted by molar-refractivity contribution is 7.15. The molecule has 1 aromatic heterocycles. The van der Waals surface area contributed by atoms with E-state index < -0.39 is 0 Å². The quantitative estimate of drug-likeness (QED) is 0.898. The Morgan fingerprint density at radius 1 is 1.36 bits per heavy atom. The molecule has 2 heterocycles. The lowest BCUT2D eigenvalue weighted by Gasteiger charge is -2.25. The smallest absolute Gasteiger partial charge is 0.321 e. The number of anilines is 1. The maximum atomic E-state index is 12.0. The van der Waals surface area contributed by atoms with E-state index in [0.717, 1.165) is 36.4 Å². The Kier molecular flexibility index (Phi) is 4.61. The van der Waals surface area contributed by atoms with E-state index in [0.29, 0.717) is 24.1 Å². The number of carbonyl (C=O) groups excluding carboxylic acids is 2. The van der Waals surface area contributed by atoms with Gasteiger partial charge in [-0.2, -0.15) is 0 Å². The summed E-state index contributed by atoms with van der Waals surface area (Å²) in [7, 11) is 0. The summed E-state index contributed by atoms with van der Waals surface area (Å²) in [6, 6.07) is 0.131. The zero-order valence-electron chi connectivity index (χ0n) is 12.9. The summed E-state index contributed by atoms with van der Waals surface area (Å²) < 4.78 is 0. The minimum atomic E-state index is -0.167. The van der Waals surface area contributed by atoms with Crippen molar-refractivity contribution in [2.45, 2.75) is 58.0 Å². The van der Waals surface area contributed by atoms with Gasteiger partial charge in [-0.15, -0.1) is 0 Å². The molecule has 0 unspecified atom stereocenters. The second-order valence-corrected chi connectivity index (χ2v) is 6.97. The number of fused-ring (bicyclic) bond motifs is 1. The number of carbonyl (C=O) groups is 2. The van der Waals surface area contributed by atoms with Gasteiger partial charge in [-0.1, -0.05) is 31.1 Å². The Balaban J connectivity index is 1.59. The van der Waals surface area contributed by atoms with Crippen LogP contribution < -0.4 is 10.6 Å². The van der Waals surface area contributed by atoms with Gasteiger partial charge in [0.05, 0.1) is 12.2 Å². The van der Waals surface area contributed by atoms with Crippen molar-refractivity contribution in [1.82, 2.24) is 15.2 Å². The average molecular weight is 322 g/mol. The zero-order chi connectivity index (χ0) is 15.5. The van der Waals surface area contributed by atoms with Crippen molar-refractivity contribution in [2.75, 3.05) is 11.9 Å². The summed E-state index contributed by atoms with van der Waals surface area (Å²) in [4.78, 5) is 31.2. The normalized spacial score (nSPS) is 18.1. The summed E-state index contributed by atoms with van der Waals surface area (Å²) in [5.41, 5.74) is 1.02. The van der Waals surface area contributed by atoms with E-state index in [2.05, 4.69) is 15.6 Å². The third kappa shape index (κ3) is 3.40. The third-order valence-corrected chi connectivity index (χ3v) is 5.30. The van der Waals surface area contributed by atoms with E-state index in [-0.39, 0.29) is 11.9 Å². The van der Waals surface area contributed by atoms with Crippen molar-refractivity contribution < 1.29 is 9.59 Å². The molecular weight excluding hydrogens is 300 g/mol. The van der Waals surface area contributed by atoms with Crippen LogP contribution in [0.3, 0.4) is 0 Å². The molecule has 1 aromatic rings. The van der Waals surface area contributed by atoms with Crippen LogP contribution >= 0.6 is 11.3 Å². The number of urea groups is 1. The molecule has 1 saturated carbocycles. The minimum absolute atomic E-state index is 0.167. The Morgan fingerprint density at radius 2 is 2.14 bits per heavy atom. The topological polar surface area (TPSA) is 74.3 Å². The van der Waals surface area contributed by atoms with Crippen LogP contribution in [0, 0.1) is 0 Å². The van der Waals surface area contributed by atoms with Gasteiger partial charge in [-0.3, -0.25) is 10.1 Å². The molecule has 7 heteroatoms.